The van der Waals surface area contributed by atoms with Crippen molar-refractivity contribution in [2.24, 2.45) is 4.99 Å². The minimum Gasteiger partial charge on any atom is -0.444 e. The number of halogens is 1. The molecule has 0 amide bonds. The van der Waals surface area contributed by atoms with Crippen molar-refractivity contribution in [2.45, 2.75) is 26.8 Å². The maximum Gasteiger partial charge on any atom is 0.226 e. The Labute approximate surface area is 164 Å². The van der Waals surface area contributed by atoms with Crippen molar-refractivity contribution < 1.29 is 8.81 Å². The molecule has 0 aliphatic heterocycles. The molecule has 3 aromatic rings. The number of aromatic nitrogens is 1. The molecule has 2 N–H and O–H groups in total. The SMILES string of the molecule is CCNC(=NCc1ccc(F)cc1)NCCc1coc(-c2ccc(C)cc2)n1. The van der Waals surface area contributed by atoms with E-state index < -0.39 is 0 Å². The molecule has 0 spiro atoms. The molecule has 2 aromatic carbocycles. The zero-order valence-electron chi connectivity index (χ0n) is 16.2. The molecule has 0 saturated heterocycles. The number of hydrogen-bond acceptors (Lipinski definition) is 3. The molecule has 1 heterocycles. The van der Waals surface area contributed by atoms with Gasteiger partial charge in [-0.1, -0.05) is 29.8 Å². The number of oxazole rings is 1. The summed E-state index contributed by atoms with van der Waals surface area (Å²) in [5.41, 5.74) is 4.02. The van der Waals surface area contributed by atoms with E-state index in [1.54, 1.807) is 18.4 Å². The molecular formula is C22H25FN4O. The van der Waals surface area contributed by atoms with Gasteiger partial charge in [0.15, 0.2) is 5.96 Å². The molecule has 0 bridgehead atoms. The molecule has 0 aliphatic rings. The van der Waals surface area contributed by atoms with E-state index in [9.17, 15) is 4.39 Å². The van der Waals surface area contributed by atoms with Gasteiger partial charge < -0.3 is 15.1 Å². The van der Waals surface area contributed by atoms with Crippen LogP contribution >= 0.6 is 0 Å². The number of hydrogen-bond donors (Lipinski definition) is 2. The van der Waals surface area contributed by atoms with Gasteiger partial charge in [0, 0.05) is 25.1 Å². The van der Waals surface area contributed by atoms with Gasteiger partial charge in [-0.05, 0) is 43.7 Å². The van der Waals surface area contributed by atoms with Crippen LogP contribution in [0.25, 0.3) is 11.5 Å². The van der Waals surface area contributed by atoms with E-state index in [0.29, 0.717) is 24.9 Å². The maximum absolute atomic E-state index is 13.0. The molecule has 3 rings (SSSR count). The Morgan fingerprint density at radius 1 is 1.07 bits per heavy atom. The summed E-state index contributed by atoms with van der Waals surface area (Å²) in [6.45, 7) is 5.99. The molecule has 0 fully saturated rings. The van der Waals surface area contributed by atoms with Crippen LogP contribution in [0.15, 0.2) is 64.2 Å². The van der Waals surface area contributed by atoms with Crippen molar-refractivity contribution in [3.05, 3.63) is 77.4 Å². The minimum atomic E-state index is -0.240. The highest BCUT2D eigenvalue weighted by atomic mass is 19.1. The van der Waals surface area contributed by atoms with Crippen LogP contribution in [0.2, 0.25) is 0 Å². The highest BCUT2D eigenvalue weighted by Gasteiger charge is 2.07. The molecule has 0 aliphatic carbocycles. The van der Waals surface area contributed by atoms with Crippen molar-refractivity contribution in [1.29, 1.82) is 0 Å². The lowest BCUT2D eigenvalue weighted by atomic mass is 10.1. The summed E-state index contributed by atoms with van der Waals surface area (Å²) < 4.78 is 18.6. The molecule has 0 atom stereocenters. The Balaban J connectivity index is 1.53. The third-order valence-corrected chi connectivity index (χ3v) is 4.20. The van der Waals surface area contributed by atoms with Crippen molar-refractivity contribution in [3.8, 4) is 11.5 Å². The van der Waals surface area contributed by atoms with Gasteiger partial charge in [0.25, 0.3) is 0 Å². The van der Waals surface area contributed by atoms with Crippen LogP contribution in [0, 0.1) is 12.7 Å². The summed E-state index contributed by atoms with van der Waals surface area (Å²) in [5.74, 6) is 1.11. The average molecular weight is 380 g/mol. The number of aliphatic imine (C=N–C) groups is 1. The van der Waals surface area contributed by atoms with Crippen molar-refractivity contribution in [3.63, 3.8) is 0 Å². The van der Waals surface area contributed by atoms with Crippen LogP contribution in [0.3, 0.4) is 0 Å². The molecule has 5 nitrogen and oxygen atoms in total. The van der Waals surface area contributed by atoms with Gasteiger partial charge in [-0.25, -0.2) is 14.4 Å². The smallest absolute Gasteiger partial charge is 0.226 e. The van der Waals surface area contributed by atoms with Gasteiger partial charge in [-0.3, -0.25) is 0 Å². The molecule has 1 aromatic heterocycles. The molecule has 28 heavy (non-hydrogen) atoms. The van der Waals surface area contributed by atoms with Gasteiger partial charge in [0.05, 0.1) is 12.2 Å². The lowest BCUT2D eigenvalue weighted by Crippen LogP contribution is -2.38. The zero-order valence-corrected chi connectivity index (χ0v) is 16.2. The first-order valence-electron chi connectivity index (χ1n) is 9.42. The fraction of sp³-hybridized carbons (Fsp3) is 0.273. The van der Waals surface area contributed by atoms with Gasteiger partial charge >= 0.3 is 0 Å². The quantitative estimate of drug-likeness (QED) is 0.479. The monoisotopic (exact) mass is 380 g/mol. The number of nitrogens with one attached hydrogen (secondary N) is 2. The normalized spacial score (nSPS) is 11.5. The first-order chi connectivity index (χ1) is 13.6. The maximum atomic E-state index is 13.0. The van der Waals surface area contributed by atoms with Crippen molar-refractivity contribution in [1.82, 2.24) is 15.6 Å². The third kappa shape index (κ3) is 5.67. The minimum absolute atomic E-state index is 0.240. The van der Waals surface area contributed by atoms with E-state index in [1.807, 2.05) is 31.2 Å². The predicted molar refractivity (Wildman–Crippen MR) is 110 cm³/mol. The number of guanidine groups is 1. The fourth-order valence-corrected chi connectivity index (χ4v) is 2.66. The largest absolute Gasteiger partial charge is 0.444 e. The summed E-state index contributed by atoms with van der Waals surface area (Å²) in [6, 6.07) is 14.5. The van der Waals surface area contributed by atoms with E-state index in [1.165, 1.54) is 17.7 Å². The second-order valence-electron chi connectivity index (χ2n) is 6.51. The summed E-state index contributed by atoms with van der Waals surface area (Å²) in [6.07, 6.45) is 2.41. The number of benzene rings is 2. The van der Waals surface area contributed by atoms with Crippen LogP contribution in [-0.4, -0.2) is 24.0 Å². The Morgan fingerprint density at radius 2 is 1.82 bits per heavy atom. The summed E-state index contributed by atoms with van der Waals surface area (Å²) in [4.78, 5) is 9.09. The highest BCUT2D eigenvalue weighted by Crippen LogP contribution is 2.19. The molecule has 0 unspecified atom stereocenters. The first-order valence-corrected chi connectivity index (χ1v) is 9.42. The Bertz CT molecular complexity index is 901. The van der Waals surface area contributed by atoms with Gasteiger partial charge in [0.1, 0.15) is 12.1 Å². The number of nitrogens with zero attached hydrogens (tertiary/aromatic N) is 2. The summed E-state index contributed by atoms with van der Waals surface area (Å²) >= 11 is 0. The standard InChI is InChI=1S/C22H25FN4O/c1-3-24-22(26-14-17-6-10-19(23)11-7-17)25-13-12-20-15-28-21(27-20)18-8-4-16(2)5-9-18/h4-11,15H,3,12-14H2,1-2H3,(H2,24,25,26). The lowest BCUT2D eigenvalue weighted by molar-refractivity contribution is 0.572. The van der Waals surface area contributed by atoms with Gasteiger partial charge in [-0.15, -0.1) is 0 Å². The van der Waals surface area contributed by atoms with E-state index in [-0.39, 0.29) is 5.82 Å². The van der Waals surface area contributed by atoms with Crippen LogP contribution in [0.5, 0.6) is 0 Å². The Hall–Kier alpha value is -3.15. The van der Waals surface area contributed by atoms with Crippen LogP contribution < -0.4 is 10.6 Å². The van der Waals surface area contributed by atoms with E-state index >= 15 is 0 Å². The molecule has 0 saturated carbocycles. The summed E-state index contributed by atoms with van der Waals surface area (Å²) in [5, 5.41) is 6.50. The lowest BCUT2D eigenvalue weighted by Gasteiger charge is -2.10. The zero-order chi connectivity index (χ0) is 19.8. The fourth-order valence-electron chi connectivity index (χ4n) is 2.66. The van der Waals surface area contributed by atoms with Gasteiger partial charge in [0.2, 0.25) is 5.89 Å². The average Bonchev–Trinajstić information content (AvgIpc) is 3.17. The topological polar surface area (TPSA) is 62.5 Å². The van der Waals surface area contributed by atoms with E-state index in [2.05, 4.69) is 27.5 Å². The molecule has 146 valence electrons. The second-order valence-corrected chi connectivity index (χ2v) is 6.51. The number of rotatable bonds is 7. The van der Waals surface area contributed by atoms with Crippen LogP contribution in [-0.2, 0) is 13.0 Å². The van der Waals surface area contributed by atoms with E-state index in [0.717, 1.165) is 29.8 Å². The molecule has 6 heteroatoms. The van der Waals surface area contributed by atoms with Crippen molar-refractivity contribution >= 4 is 5.96 Å². The van der Waals surface area contributed by atoms with Crippen LogP contribution in [0.1, 0.15) is 23.7 Å². The first kappa shape index (κ1) is 19.6. The molecular weight excluding hydrogens is 355 g/mol. The van der Waals surface area contributed by atoms with Gasteiger partial charge in [-0.2, -0.15) is 0 Å². The Kier molecular flexibility index (Phi) is 6.78. The predicted octanol–water partition coefficient (Wildman–Crippen LogP) is 4.09. The van der Waals surface area contributed by atoms with Crippen molar-refractivity contribution in [2.75, 3.05) is 13.1 Å². The summed E-state index contributed by atoms with van der Waals surface area (Å²) in [7, 11) is 0. The van der Waals surface area contributed by atoms with Crippen LogP contribution in [0.4, 0.5) is 4.39 Å². The third-order valence-electron chi connectivity index (χ3n) is 4.20. The van der Waals surface area contributed by atoms with E-state index in [4.69, 9.17) is 4.42 Å². The number of aryl methyl sites for hydroxylation is 1. The second kappa shape index (κ2) is 9.69. The Morgan fingerprint density at radius 3 is 2.54 bits per heavy atom. The molecule has 0 radical (unpaired) electrons. The highest BCUT2D eigenvalue weighted by molar-refractivity contribution is 5.79.